The smallest absolute Gasteiger partial charge is 0.167 e. The summed E-state index contributed by atoms with van der Waals surface area (Å²) in [6.07, 6.45) is 5.92. The van der Waals surface area contributed by atoms with Gasteiger partial charge in [-0.1, -0.05) is 11.6 Å². The van der Waals surface area contributed by atoms with E-state index in [0.717, 1.165) is 18.6 Å². The molecule has 0 radical (unpaired) electrons. The van der Waals surface area contributed by atoms with Crippen molar-refractivity contribution in [1.29, 1.82) is 0 Å². The molecule has 0 atom stereocenters. The number of oxime groups is 1. The third kappa shape index (κ3) is 2.22. The first-order chi connectivity index (χ1) is 4.43. The lowest BCUT2D eigenvalue weighted by atomic mass is 9.99. The predicted molar refractivity (Wildman–Crippen MR) is 37.5 cm³/mol. The normalized spacial score (nSPS) is 19.4. The van der Waals surface area contributed by atoms with E-state index in [9.17, 15) is 0 Å². The van der Waals surface area contributed by atoms with Crippen LogP contribution >= 0.6 is 11.9 Å². The van der Waals surface area contributed by atoms with Gasteiger partial charge in [0, 0.05) is 0 Å². The van der Waals surface area contributed by atoms with Crippen molar-refractivity contribution in [2.45, 2.75) is 32.1 Å². The van der Waals surface area contributed by atoms with Gasteiger partial charge in [0.1, 0.15) is 0 Å². The van der Waals surface area contributed by atoms with Gasteiger partial charge in [-0.15, -0.1) is 0 Å². The predicted octanol–water partition coefficient (Wildman–Crippen LogP) is 2.48. The molecule has 0 amide bonds. The summed E-state index contributed by atoms with van der Waals surface area (Å²) in [7, 11) is 0. The second-order valence-electron chi connectivity index (χ2n) is 2.29. The van der Waals surface area contributed by atoms with Gasteiger partial charge in [-0.05, 0) is 25.7 Å². The Morgan fingerprint density at radius 2 is 1.89 bits per heavy atom. The second-order valence-corrected chi connectivity index (χ2v) is 2.43. The van der Waals surface area contributed by atoms with E-state index in [1.54, 1.807) is 0 Å². The molecular formula is C6H10ClNO. The monoisotopic (exact) mass is 147 g/mol. The summed E-state index contributed by atoms with van der Waals surface area (Å²) in [4.78, 5) is 0. The highest BCUT2D eigenvalue weighted by Gasteiger charge is 2.06. The molecule has 0 aromatic heterocycles. The molecular weight excluding hydrogens is 138 g/mol. The Kier molecular flexibility index (Phi) is 2.84. The molecule has 1 aliphatic carbocycles. The molecule has 1 saturated carbocycles. The molecule has 0 aromatic carbocycles. The fourth-order valence-corrected chi connectivity index (χ4v) is 1.20. The quantitative estimate of drug-likeness (QED) is 0.523. The Bertz CT molecular complexity index is 106. The van der Waals surface area contributed by atoms with Crippen LogP contribution in [0, 0.1) is 0 Å². The zero-order chi connectivity index (χ0) is 6.53. The van der Waals surface area contributed by atoms with E-state index < -0.39 is 0 Å². The Hall–Kier alpha value is -0.240. The summed E-state index contributed by atoms with van der Waals surface area (Å²) >= 11 is 4.95. The Morgan fingerprint density at radius 3 is 2.44 bits per heavy atom. The molecule has 1 rings (SSSR count). The molecule has 1 aliphatic rings. The van der Waals surface area contributed by atoms with Gasteiger partial charge in [-0.3, -0.25) is 4.39 Å². The number of halogens is 1. The Morgan fingerprint density at radius 1 is 1.22 bits per heavy atom. The minimum absolute atomic E-state index is 1.06. The maximum atomic E-state index is 4.95. The average molecular weight is 148 g/mol. The van der Waals surface area contributed by atoms with Crippen LogP contribution < -0.4 is 0 Å². The van der Waals surface area contributed by atoms with Crippen molar-refractivity contribution >= 4 is 17.6 Å². The van der Waals surface area contributed by atoms with Gasteiger partial charge in [0.2, 0.25) is 0 Å². The van der Waals surface area contributed by atoms with Crippen LogP contribution in [0.25, 0.3) is 0 Å². The highest BCUT2D eigenvalue weighted by molar-refractivity contribution is 6.07. The van der Waals surface area contributed by atoms with Gasteiger partial charge in [-0.2, -0.15) is 0 Å². The van der Waals surface area contributed by atoms with Crippen LogP contribution in [-0.2, 0) is 4.39 Å². The molecule has 1 fully saturated rings. The van der Waals surface area contributed by atoms with Gasteiger partial charge in [0.05, 0.1) is 5.71 Å². The number of rotatable bonds is 1. The van der Waals surface area contributed by atoms with Crippen molar-refractivity contribution in [3.8, 4) is 0 Å². The molecule has 0 heterocycles. The van der Waals surface area contributed by atoms with Gasteiger partial charge in [-0.25, -0.2) is 0 Å². The van der Waals surface area contributed by atoms with E-state index in [1.807, 2.05) is 0 Å². The van der Waals surface area contributed by atoms with Crippen LogP contribution in [0.5, 0.6) is 0 Å². The van der Waals surface area contributed by atoms with Crippen LogP contribution in [0.1, 0.15) is 32.1 Å². The summed E-state index contributed by atoms with van der Waals surface area (Å²) in [6, 6.07) is 0. The lowest BCUT2D eigenvalue weighted by Crippen LogP contribution is -2.03. The summed E-state index contributed by atoms with van der Waals surface area (Å²) < 4.78 is 4.14. The first-order valence-electron chi connectivity index (χ1n) is 3.27. The molecule has 9 heavy (non-hydrogen) atoms. The summed E-state index contributed by atoms with van der Waals surface area (Å²) in [5.41, 5.74) is 1.11. The van der Waals surface area contributed by atoms with E-state index in [1.165, 1.54) is 19.3 Å². The lowest BCUT2D eigenvalue weighted by Gasteiger charge is -2.09. The van der Waals surface area contributed by atoms with Crippen molar-refractivity contribution in [3.05, 3.63) is 0 Å². The number of hydrogen-bond acceptors (Lipinski definition) is 2. The fourth-order valence-electron chi connectivity index (χ4n) is 1.10. The molecule has 0 saturated heterocycles. The molecule has 0 aromatic rings. The van der Waals surface area contributed by atoms with Gasteiger partial charge < -0.3 is 0 Å². The zero-order valence-electron chi connectivity index (χ0n) is 5.27. The van der Waals surface area contributed by atoms with Crippen LogP contribution in [0.15, 0.2) is 5.16 Å². The molecule has 0 spiro atoms. The van der Waals surface area contributed by atoms with E-state index >= 15 is 0 Å². The van der Waals surface area contributed by atoms with Gasteiger partial charge >= 0.3 is 0 Å². The van der Waals surface area contributed by atoms with E-state index in [2.05, 4.69) is 9.55 Å². The topological polar surface area (TPSA) is 21.6 Å². The van der Waals surface area contributed by atoms with Crippen molar-refractivity contribution in [2.24, 2.45) is 5.16 Å². The largest absolute Gasteiger partial charge is 0.277 e. The highest BCUT2D eigenvalue weighted by atomic mass is 35.5. The molecule has 3 heteroatoms. The molecule has 0 N–H and O–H groups in total. The number of hydrogen-bond donors (Lipinski definition) is 0. The third-order valence-corrected chi connectivity index (χ3v) is 1.66. The summed E-state index contributed by atoms with van der Waals surface area (Å²) in [5.74, 6) is 0. The maximum Gasteiger partial charge on any atom is 0.167 e. The van der Waals surface area contributed by atoms with Crippen LogP contribution in [0.4, 0.5) is 0 Å². The SMILES string of the molecule is ClON=C1CCCCC1. The van der Waals surface area contributed by atoms with Gasteiger partial charge in [0.25, 0.3) is 0 Å². The van der Waals surface area contributed by atoms with Crippen molar-refractivity contribution in [2.75, 3.05) is 0 Å². The van der Waals surface area contributed by atoms with Crippen LogP contribution in [0.2, 0.25) is 0 Å². The average Bonchev–Trinajstić information content (AvgIpc) is 1.91. The van der Waals surface area contributed by atoms with E-state index in [0.29, 0.717) is 0 Å². The standard InChI is InChI=1S/C6H10ClNO/c7-9-8-6-4-2-1-3-5-6/h1-5H2. The summed E-state index contributed by atoms with van der Waals surface area (Å²) in [5, 5.41) is 3.67. The highest BCUT2D eigenvalue weighted by Crippen LogP contribution is 2.14. The zero-order valence-corrected chi connectivity index (χ0v) is 6.02. The first kappa shape index (κ1) is 6.87. The molecule has 0 unspecified atom stereocenters. The van der Waals surface area contributed by atoms with Crippen LogP contribution in [-0.4, -0.2) is 5.71 Å². The third-order valence-electron chi connectivity index (χ3n) is 1.59. The van der Waals surface area contributed by atoms with E-state index in [4.69, 9.17) is 11.9 Å². The Labute approximate surface area is 60.0 Å². The fraction of sp³-hybridized carbons (Fsp3) is 0.833. The van der Waals surface area contributed by atoms with Crippen LogP contribution in [0.3, 0.4) is 0 Å². The van der Waals surface area contributed by atoms with Crippen molar-refractivity contribution < 1.29 is 4.39 Å². The maximum absolute atomic E-state index is 4.95. The second kappa shape index (κ2) is 3.72. The molecule has 0 bridgehead atoms. The minimum Gasteiger partial charge on any atom is -0.277 e. The van der Waals surface area contributed by atoms with Crippen molar-refractivity contribution in [3.63, 3.8) is 0 Å². The minimum atomic E-state index is 1.06. The number of nitrogens with zero attached hydrogens (tertiary/aromatic N) is 1. The Balaban J connectivity index is 2.30. The first-order valence-corrected chi connectivity index (χ1v) is 3.58. The summed E-state index contributed by atoms with van der Waals surface area (Å²) in [6.45, 7) is 0. The molecule has 0 aliphatic heterocycles. The lowest BCUT2D eigenvalue weighted by molar-refractivity contribution is 0.374. The van der Waals surface area contributed by atoms with Crippen molar-refractivity contribution in [1.82, 2.24) is 0 Å². The molecule has 52 valence electrons. The van der Waals surface area contributed by atoms with E-state index in [-0.39, 0.29) is 0 Å². The molecule has 2 nitrogen and oxygen atoms in total. The van der Waals surface area contributed by atoms with Gasteiger partial charge in [0.15, 0.2) is 11.9 Å².